The van der Waals surface area contributed by atoms with Crippen molar-refractivity contribution in [2.45, 2.75) is 83.0 Å². The fourth-order valence-electron chi connectivity index (χ4n) is 5.85. The van der Waals surface area contributed by atoms with Crippen LogP contribution in [-0.4, -0.2) is 33.4 Å². The van der Waals surface area contributed by atoms with Gasteiger partial charge in [0.2, 0.25) is 17.6 Å². The van der Waals surface area contributed by atoms with Gasteiger partial charge in [0.15, 0.2) is 23.1 Å². The predicted octanol–water partition coefficient (Wildman–Crippen LogP) is 11.3. The van der Waals surface area contributed by atoms with E-state index in [-0.39, 0.29) is 74.4 Å². The van der Waals surface area contributed by atoms with Crippen LogP contribution in [-0.2, 0) is 25.7 Å². The highest BCUT2D eigenvalue weighted by molar-refractivity contribution is 5.35. The van der Waals surface area contributed by atoms with Crippen LogP contribution in [0.4, 0.5) is 35.1 Å². The van der Waals surface area contributed by atoms with Gasteiger partial charge >= 0.3 is 0 Å². The highest BCUT2D eigenvalue weighted by atomic mass is 19.3. The van der Waals surface area contributed by atoms with Crippen LogP contribution in [0.3, 0.4) is 0 Å². The second-order valence-corrected chi connectivity index (χ2v) is 12.8. The maximum Gasteiger partial charge on any atom is 0.248 e. The van der Waals surface area contributed by atoms with Gasteiger partial charge in [-0.2, -0.15) is 8.78 Å². The van der Waals surface area contributed by atoms with Crippen molar-refractivity contribution in [2.24, 2.45) is 0 Å². The number of ether oxygens (including phenoxy) is 4. The summed E-state index contributed by atoms with van der Waals surface area (Å²) in [5.74, 6) is -7.92. The minimum atomic E-state index is -2.80. The van der Waals surface area contributed by atoms with E-state index in [0.717, 1.165) is 0 Å². The molecule has 0 radical (unpaired) electrons. The van der Waals surface area contributed by atoms with E-state index in [1.807, 2.05) is 0 Å². The standard InChI is InChI=1S/C41H44F8O4/c1-50-35-19-15-29(37(44)39(35)46)11-9-27-13-17-31(25-33(27)42)52-23-7-3-5-21-41(48,49)22-6-4-8-24-53-32-18-14-28(34(43)26-32)10-12-30-16-20-36(51-2)40(47)38(30)45/h13-20,25-26H,3-12,21-24H2,1-2H3. The summed E-state index contributed by atoms with van der Waals surface area (Å²) in [7, 11) is 2.48. The van der Waals surface area contributed by atoms with E-state index in [0.29, 0.717) is 61.2 Å². The molecule has 0 saturated carbocycles. The Kier molecular flexibility index (Phi) is 15.7. The van der Waals surface area contributed by atoms with Crippen molar-refractivity contribution < 1.29 is 54.1 Å². The van der Waals surface area contributed by atoms with Gasteiger partial charge in [0.05, 0.1) is 27.4 Å². The number of hydrogen-bond donors (Lipinski definition) is 0. The van der Waals surface area contributed by atoms with Gasteiger partial charge in [-0.1, -0.05) is 24.3 Å². The molecule has 0 spiro atoms. The quantitative estimate of drug-likeness (QED) is 0.0592. The van der Waals surface area contributed by atoms with Crippen LogP contribution >= 0.6 is 0 Å². The second-order valence-electron chi connectivity index (χ2n) is 12.8. The lowest BCUT2D eigenvalue weighted by molar-refractivity contribution is -0.0209. The molecule has 0 aliphatic rings. The van der Waals surface area contributed by atoms with Gasteiger partial charge in [-0.15, -0.1) is 0 Å². The molecule has 4 nitrogen and oxygen atoms in total. The smallest absolute Gasteiger partial charge is 0.248 e. The SMILES string of the molecule is COc1ccc(CCc2ccc(OCCCCCC(F)(F)CCCCCOc3ccc(CCc4ccc(OC)c(F)c4F)c(F)c3)cc2F)c(F)c1F. The van der Waals surface area contributed by atoms with Gasteiger partial charge in [0.1, 0.15) is 23.1 Å². The Morgan fingerprint density at radius 3 is 1.21 bits per heavy atom. The van der Waals surface area contributed by atoms with Crippen LogP contribution in [0.5, 0.6) is 23.0 Å². The largest absolute Gasteiger partial charge is 0.494 e. The molecule has 4 aromatic carbocycles. The number of methoxy groups -OCH3 is 2. The second kappa shape index (κ2) is 20.1. The first-order valence-corrected chi connectivity index (χ1v) is 17.6. The number of hydrogen-bond acceptors (Lipinski definition) is 4. The average molecular weight is 753 g/mol. The molecule has 0 bridgehead atoms. The Morgan fingerprint density at radius 1 is 0.453 bits per heavy atom. The molecule has 0 saturated heterocycles. The molecule has 53 heavy (non-hydrogen) atoms. The first-order chi connectivity index (χ1) is 25.4. The first-order valence-electron chi connectivity index (χ1n) is 17.6. The summed E-state index contributed by atoms with van der Waals surface area (Å²) >= 11 is 0. The molecule has 0 aromatic heterocycles. The minimum absolute atomic E-state index is 0.0903. The van der Waals surface area contributed by atoms with E-state index in [4.69, 9.17) is 18.9 Å². The number of aryl methyl sites for hydroxylation is 4. The molecule has 0 aliphatic carbocycles. The monoisotopic (exact) mass is 752 g/mol. The van der Waals surface area contributed by atoms with Crippen molar-refractivity contribution in [3.8, 4) is 23.0 Å². The zero-order valence-electron chi connectivity index (χ0n) is 29.8. The predicted molar refractivity (Wildman–Crippen MR) is 186 cm³/mol. The third-order valence-corrected chi connectivity index (χ3v) is 8.98. The Morgan fingerprint density at radius 2 is 0.830 bits per heavy atom. The molecular formula is C41H44F8O4. The van der Waals surface area contributed by atoms with Crippen LogP contribution in [0, 0.1) is 34.9 Å². The van der Waals surface area contributed by atoms with E-state index < -0.39 is 40.8 Å². The van der Waals surface area contributed by atoms with E-state index >= 15 is 0 Å². The number of unbranched alkanes of at least 4 members (excludes halogenated alkanes) is 4. The van der Waals surface area contributed by atoms with E-state index in [1.54, 1.807) is 12.1 Å². The highest BCUT2D eigenvalue weighted by Crippen LogP contribution is 2.29. The molecule has 0 atom stereocenters. The molecule has 0 fully saturated rings. The van der Waals surface area contributed by atoms with Crippen molar-refractivity contribution in [3.05, 3.63) is 118 Å². The third-order valence-electron chi connectivity index (χ3n) is 8.98. The number of rotatable bonds is 22. The van der Waals surface area contributed by atoms with Crippen molar-refractivity contribution in [2.75, 3.05) is 27.4 Å². The Labute approximate surface area is 305 Å². The van der Waals surface area contributed by atoms with Crippen LogP contribution in [0.25, 0.3) is 0 Å². The van der Waals surface area contributed by atoms with Gasteiger partial charge in [-0.3, -0.25) is 0 Å². The van der Waals surface area contributed by atoms with Crippen LogP contribution in [0.2, 0.25) is 0 Å². The summed E-state index contributed by atoms with van der Waals surface area (Å²) in [6.07, 6.45) is 2.65. The molecule has 288 valence electrons. The maximum absolute atomic E-state index is 14.6. The van der Waals surface area contributed by atoms with Crippen molar-refractivity contribution in [1.29, 1.82) is 0 Å². The summed E-state index contributed by atoms with van der Waals surface area (Å²) in [5.41, 5.74) is 0.862. The topological polar surface area (TPSA) is 36.9 Å². The molecule has 0 heterocycles. The van der Waals surface area contributed by atoms with Gasteiger partial charge in [0, 0.05) is 25.0 Å². The molecule has 0 amide bonds. The van der Waals surface area contributed by atoms with Gasteiger partial charge in [0.25, 0.3) is 0 Å². The normalized spacial score (nSPS) is 11.5. The first kappa shape index (κ1) is 41.3. The van der Waals surface area contributed by atoms with E-state index in [9.17, 15) is 35.1 Å². The molecule has 0 unspecified atom stereocenters. The minimum Gasteiger partial charge on any atom is -0.494 e. The summed E-state index contributed by atoms with van der Waals surface area (Å²) in [6.45, 7) is 0.469. The number of halogens is 8. The molecule has 0 aliphatic heterocycles. The fourth-order valence-corrected chi connectivity index (χ4v) is 5.85. The summed E-state index contributed by atoms with van der Waals surface area (Å²) in [4.78, 5) is 0. The number of benzene rings is 4. The number of alkyl halides is 2. The molecule has 4 aromatic rings. The Hall–Kier alpha value is -4.48. The van der Waals surface area contributed by atoms with Gasteiger partial charge in [-0.25, -0.2) is 26.3 Å². The summed E-state index contributed by atoms with van der Waals surface area (Å²) in [5, 5.41) is 0. The van der Waals surface area contributed by atoms with Crippen LogP contribution in [0.1, 0.15) is 73.6 Å². The lowest BCUT2D eigenvalue weighted by Gasteiger charge is -2.16. The lowest BCUT2D eigenvalue weighted by atomic mass is 10.0. The van der Waals surface area contributed by atoms with Crippen molar-refractivity contribution in [1.82, 2.24) is 0 Å². The van der Waals surface area contributed by atoms with Crippen molar-refractivity contribution >= 4 is 0 Å². The zero-order valence-corrected chi connectivity index (χ0v) is 29.8. The molecular weight excluding hydrogens is 708 g/mol. The summed E-state index contributed by atoms with van der Waals surface area (Å²) in [6, 6.07) is 14.1. The average Bonchev–Trinajstić information content (AvgIpc) is 3.13. The van der Waals surface area contributed by atoms with Gasteiger partial charge < -0.3 is 18.9 Å². The van der Waals surface area contributed by atoms with Crippen LogP contribution < -0.4 is 18.9 Å². The van der Waals surface area contributed by atoms with Crippen molar-refractivity contribution in [3.63, 3.8) is 0 Å². The third kappa shape index (κ3) is 12.3. The zero-order chi connectivity index (χ0) is 38.4. The maximum atomic E-state index is 14.6. The van der Waals surface area contributed by atoms with E-state index in [1.165, 1.54) is 62.8 Å². The molecule has 0 N–H and O–H groups in total. The van der Waals surface area contributed by atoms with E-state index in [2.05, 4.69) is 0 Å². The van der Waals surface area contributed by atoms with Crippen LogP contribution in [0.15, 0.2) is 60.7 Å². The summed E-state index contributed by atoms with van der Waals surface area (Å²) < 4.78 is 135. The lowest BCUT2D eigenvalue weighted by Crippen LogP contribution is -2.15. The molecule has 4 rings (SSSR count). The Balaban J connectivity index is 1.05. The Bertz CT molecular complexity index is 1650. The fraction of sp³-hybridized carbons (Fsp3) is 0.415. The van der Waals surface area contributed by atoms with Gasteiger partial charge in [-0.05, 0) is 111 Å². The highest BCUT2D eigenvalue weighted by Gasteiger charge is 2.27. The molecule has 12 heteroatoms.